The van der Waals surface area contributed by atoms with Crippen LogP contribution in [0.15, 0.2) is 17.6 Å². The zero-order valence-corrected chi connectivity index (χ0v) is 8.36. The largest absolute Gasteiger partial charge is 0.359 e. The van der Waals surface area contributed by atoms with Gasteiger partial charge in [0.1, 0.15) is 0 Å². The Morgan fingerprint density at radius 1 is 1.54 bits per heavy atom. The number of amides is 1. The van der Waals surface area contributed by atoms with E-state index in [0.29, 0.717) is 18.2 Å². The molecule has 4 nitrogen and oxygen atoms in total. The molecular formula is C8H13N3OS. The number of carbonyl (C=O) groups is 1. The molecule has 0 saturated heterocycles. The molecule has 72 valence electrons. The van der Waals surface area contributed by atoms with Crippen LogP contribution in [0.3, 0.4) is 0 Å². The Morgan fingerprint density at radius 3 is 2.69 bits per heavy atom. The van der Waals surface area contributed by atoms with Crippen molar-refractivity contribution >= 4 is 29.5 Å². The number of hydrogen-bond acceptors (Lipinski definition) is 2. The van der Waals surface area contributed by atoms with Crippen molar-refractivity contribution in [3.63, 3.8) is 0 Å². The summed E-state index contributed by atoms with van der Waals surface area (Å²) in [4.78, 5) is 14.5. The lowest BCUT2D eigenvalue weighted by atomic mass is 10.5. The first kappa shape index (κ1) is 11.8. The zero-order valence-electron chi connectivity index (χ0n) is 7.54. The number of hydrogen-bond donors (Lipinski definition) is 2. The average molecular weight is 199 g/mol. The molecule has 0 aliphatic carbocycles. The first-order chi connectivity index (χ1) is 6.20. The van der Waals surface area contributed by atoms with Gasteiger partial charge in [0, 0.05) is 19.3 Å². The summed E-state index contributed by atoms with van der Waals surface area (Å²) in [6.07, 6.45) is 2.83. The van der Waals surface area contributed by atoms with Crippen LogP contribution in [0.25, 0.3) is 0 Å². The molecule has 13 heavy (non-hydrogen) atoms. The zero-order chi connectivity index (χ0) is 10.1. The van der Waals surface area contributed by atoms with Crippen molar-refractivity contribution in [2.75, 3.05) is 13.1 Å². The summed E-state index contributed by atoms with van der Waals surface area (Å²) < 4.78 is 0. The average Bonchev–Trinajstić information content (AvgIpc) is 2.12. The Labute approximate surface area is 83.1 Å². The van der Waals surface area contributed by atoms with Crippen molar-refractivity contribution in [3.8, 4) is 0 Å². The van der Waals surface area contributed by atoms with E-state index in [1.165, 1.54) is 6.08 Å². The highest BCUT2D eigenvalue weighted by Crippen LogP contribution is 1.72. The molecule has 1 amide bonds. The van der Waals surface area contributed by atoms with Gasteiger partial charge >= 0.3 is 0 Å². The van der Waals surface area contributed by atoms with Crippen LogP contribution in [0.1, 0.15) is 6.92 Å². The molecule has 0 heterocycles. The monoisotopic (exact) mass is 199 g/mol. The molecule has 0 aromatic rings. The van der Waals surface area contributed by atoms with Crippen molar-refractivity contribution in [3.05, 3.63) is 12.7 Å². The fraction of sp³-hybridized carbons (Fsp3) is 0.375. The normalized spacial score (nSPS) is 9.62. The lowest BCUT2D eigenvalue weighted by Crippen LogP contribution is -2.32. The lowest BCUT2D eigenvalue weighted by Gasteiger charge is -2.03. The Kier molecular flexibility index (Phi) is 6.72. The molecule has 0 radical (unpaired) electrons. The first-order valence-corrected chi connectivity index (χ1v) is 4.28. The number of aliphatic imine (C=N–C) groups is 1. The molecule has 2 N–H and O–H groups in total. The van der Waals surface area contributed by atoms with Gasteiger partial charge in [-0.15, -0.1) is 0 Å². The lowest BCUT2D eigenvalue weighted by molar-refractivity contribution is -0.116. The van der Waals surface area contributed by atoms with Gasteiger partial charge in [-0.3, -0.25) is 4.79 Å². The van der Waals surface area contributed by atoms with Gasteiger partial charge in [0.05, 0.1) is 0 Å². The second-order valence-corrected chi connectivity index (χ2v) is 2.50. The van der Waals surface area contributed by atoms with Crippen LogP contribution in [0.2, 0.25) is 0 Å². The Morgan fingerprint density at radius 2 is 2.15 bits per heavy atom. The highest BCUT2D eigenvalue weighted by Gasteiger charge is 1.92. The van der Waals surface area contributed by atoms with Gasteiger partial charge in [-0.1, -0.05) is 6.58 Å². The van der Waals surface area contributed by atoms with Crippen LogP contribution in [0.5, 0.6) is 0 Å². The fourth-order valence-corrected chi connectivity index (χ4v) is 0.798. The second kappa shape index (κ2) is 7.42. The minimum absolute atomic E-state index is 0.188. The minimum atomic E-state index is -0.188. The molecule has 0 aliphatic rings. The molecule has 0 saturated carbocycles. The number of nitrogens with zero attached hydrogens (tertiary/aromatic N) is 1. The van der Waals surface area contributed by atoms with Crippen LogP contribution >= 0.6 is 12.2 Å². The van der Waals surface area contributed by atoms with E-state index < -0.39 is 0 Å². The van der Waals surface area contributed by atoms with Crippen molar-refractivity contribution in [2.24, 2.45) is 4.99 Å². The predicted molar refractivity (Wildman–Crippen MR) is 58.0 cm³/mol. The van der Waals surface area contributed by atoms with E-state index in [1.807, 2.05) is 0 Å². The fourth-order valence-electron chi connectivity index (χ4n) is 0.590. The maximum atomic E-state index is 10.7. The van der Waals surface area contributed by atoms with Gasteiger partial charge < -0.3 is 10.6 Å². The third-order valence-corrected chi connectivity index (χ3v) is 1.38. The molecule has 0 aromatic carbocycles. The number of rotatable bonds is 4. The molecule has 0 rings (SSSR count). The summed E-state index contributed by atoms with van der Waals surface area (Å²) in [5.41, 5.74) is 0. The molecular weight excluding hydrogens is 186 g/mol. The number of thiocarbonyl (C=S) groups is 1. The third kappa shape index (κ3) is 7.14. The summed E-state index contributed by atoms with van der Waals surface area (Å²) in [6.45, 7) is 6.18. The molecule has 0 unspecified atom stereocenters. The van der Waals surface area contributed by atoms with Crippen molar-refractivity contribution < 1.29 is 4.79 Å². The maximum Gasteiger partial charge on any atom is 0.243 e. The Hall–Kier alpha value is -1.23. The van der Waals surface area contributed by atoms with Crippen molar-refractivity contribution in [2.45, 2.75) is 6.92 Å². The SMILES string of the molecule is C=CC(=O)NCCNC(=S)N=CC. The van der Waals surface area contributed by atoms with E-state index in [1.54, 1.807) is 13.1 Å². The topological polar surface area (TPSA) is 53.5 Å². The van der Waals surface area contributed by atoms with E-state index in [4.69, 9.17) is 12.2 Å². The van der Waals surface area contributed by atoms with Crippen LogP contribution < -0.4 is 10.6 Å². The summed E-state index contributed by atoms with van der Waals surface area (Å²) in [6, 6.07) is 0. The molecule has 5 heteroatoms. The molecule has 0 aromatic heterocycles. The van der Waals surface area contributed by atoms with Gasteiger partial charge in [-0.05, 0) is 25.2 Å². The quantitative estimate of drug-likeness (QED) is 0.295. The van der Waals surface area contributed by atoms with E-state index >= 15 is 0 Å². The van der Waals surface area contributed by atoms with Crippen LogP contribution in [0, 0.1) is 0 Å². The van der Waals surface area contributed by atoms with Crippen molar-refractivity contribution in [1.29, 1.82) is 0 Å². The second-order valence-electron chi connectivity index (χ2n) is 2.11. The minimum Gasteiger partial charge on any atom is -0.359 e. The number of carbonyl (C=O) groups excluding carboxylic acids is 1. The van der Waals surface area contributed by atoms with Crippen LogP contribution in [-0.2, 0) is 4.79 Å². The molecule has 0 fully saturated rings. The van der Waals surface area contributed by atoms with Crippen LogP contribution in [0.4, 0.5) is 0 Å². The summed E-state index contributed by atoms with van der Waals surface area (Å²) in [5.74, 6) is -0.188. The van der Waals surface area contributed by atoms with E-state index in [0.717, 1.165) is 0 Å². The molecule has 0 spiro atoms. The Bertz CT molecular complexity index is 225. The van der Waals surface area contributed by atoms with E-state index in [9.17, 15) is 4.79 Å². The predicted octanol–water partition coefficient (Wildman–Crippen LogP) is 0.254. The van der Waals surface area contributed by atoms with Gasteiger partial charge in [-0.2, -0.15) is 0 Å². The highest BCUT2D eigenvalue weighted by atomic mass is 32.1. The standard InChI is InChI=1S/C8H13N3OS/c1-3-7(12)10-5-6-11-8(13)9-4-2/h3-4H,1,5-6H2,2H3,(H,10,12)(H,11,13). The maximum absolute atomic E-state index is 10.7. The Balaban J connectivity index is 3.40. The van der Waals surface area contributed by atoms with Gasteiger partial charge in [0.2, 0.25) is 5.91 Å². The van der Waals surface area contributed by atoms with E-state index in [-0.39, 0.29) is 5.91 Å². The highest BCUT2D eigenvalue weighted by molar-refractivity contribution is 7.80. The number of nitrogens with one attached hydrogen (secondary N) is 2. The summed E-state index contributed by atoms with van der Waals surface area (Å²) in [7, 11) is 0. The van der Waals surface area contributed by atoms with Gasteiger partial charge in [0.25, 0.3) is 0 Å². The summed E-state index contributed by atoms with van der Waals surface area (Å²) in [5, 5.41) is 5.87. The van der Waals surface area contributed by atoms with E-state index in [2.05, 4.69) is 22.2 Å². The smallest absolute Gasteiger partial charge is 0.243 e. The summed E-state index contributed by atoms with van der Waals surface area (Å²) >= 11 is 4.82. The molecule has 0 atom stereocenters. The van der Waals surface area contributed by atoms with Crippen molar-refractivity contribution in [1.82, 2.24) is 10.6 Å². The van der Waals surface area contributed by atoms with Crippen LogP contribution in [-0.4, -0.2) is 30.3 Å². The van der Waals surface area contributed by atoms with Gasteiger partial charge in [0.15, 0.2) is 5.11 Å². The molecule has 0 bridgehead atoms. The first-order valence-electron chi connectivity index (χ1n) is 3.87. The van der Waals surface area contributed by atoms with Gasteiger partial charge in [-0.25, -0.2) is 4.99 Å². The third-order valence-electron chi connectivity index (χ3n) is 1.13. The molecule has 0 aliphatic heterocycles.